The third-order valence-electron chi connectivity index (χ3n) is 7.35. The molecule has 1 aliphatic heterocycles. The van der Waals surface area contributed by atoms with Gasteiger partial charge in [-0.1, -0.05) is 80.5 Å². The van der Waals surface area contributed by atoms with Crippen LogP contribution in [0.25, 0.3) is 6.08 Å². The van der Waals surface area contributed by atoms with Crippen molar-refractivity contribution in [2.45, 2.75) is 89.8 Å². The van der Waals surface area contributed by atoms with Crippen molar-refractivity contribution in [3.05, 3.63) is 70.1 Å². The average Bonchev–Trinajstić information content (AvgIpc) is 3.19. The number of ether oxygens (including phenoxy) is 1. The zero-order valence-corrected chi connectivity index (χ0v) is 21.6. The minimum Gasteiger partial charge on any atom is -0.489 e. The van der Waals surface area contributed by atoms with Gasteiger partial charge in [0.25, 0.3) is 5.91 Å². The van der Waals surface area contributed by atoms with Crippen LogP contribution in [0.15, 0.2) is 58.4 Å². The van der Waals surface area contributed by atoms with Crippen LogP contribution in [0.5, 0.6) is 5.75 Å². The molecule has 0 N–H and O–H groups in total. The first kappa shape index (κ1) is 24.2. The molecule has 1 heterocycles. The van der Waals surface area contributed by atoms with E-state index in [0.29, 0.717) is 18.7 Å². The molecule has 2 aromatic rings. The number of thioether (sulfide) groups is 1. The maximum Gasteiger partial charge on any atom is 0.266 e. The van der Waals surface area contributed by atoms with Crippen molar-refractivity contribution >= 4 is 28.9 Å². The predicted molar refractivity (Wildman–Crippen MR) is 146 cm³/mol. The smallest absolute Gasteiger partial charge is 0.266 e. The minimum atomic E-state index is 0.135. The predicted octanol–water partition coefficient (Wildman–Crippen LogP) is 7.51. The Morgan fingerprint density at radius 3 is 2.26 bits per heavy atom. The number of hydrogen-bond donors (Lipinski definition) is 0. The van der Waals surface area contributed by atoms with Gasteiger partial charge < -0.3 is 4.74 Å². The number of hydrogen-bond acceptors (Lipinski definition) is 4. The second kappa shape index (κ2) is 11.5. The number of aliphatic imine (C=N–C) groups is 1. The van der Waals surface area contributed by atoms with Crippen LogP contribution < -0.4 is 4.74 Å². The van der Waals surface area contributed by atoms with Crippen LogP contribution in [0.3, 0.4) is 0 Å². The Bertz CT molecular complexity index is 1060. The summed E-state index contributed by atoms with van der Waals surface area (Å²) in [4.78, 5) is 21.5. The lowest BCUT2D eigenvalue weighted by atomic mass is 9.94. The van der Waals surface area contributed by atoms with Crippen LogP contribution in [0.1, 0.15) is 80.9 Å². The van der Waals surface area contributed by atoms with Crippen molar-refractivity contribution in [3.8, 4) is 5.75 Å². The van der Waals surface area contributed by atoms with Gasteiger partial charge in [-0.2, -0.15) is 0 Å². The SMILES string of the molecule is Cc1ccc(COc2ccc(C=C3SC(=NC4CCCCC4)N(C4CCCCC4)C3=O)cc2)cc1. The summed E-state index contributed by atoms with van der Waals surface area (Å²) in [6.45, 7) is 2.64. The van der Waals surface area contributed by atoms with Crippen molar-refractivity contribution in [2.24, 2.45) is 4.99 Å². The van der Waals surface area contributed by atoms with Gasteiger partial charge in [-0.3, -0.25) is 14.7 Å². The van der Waals surface area contributed by atoms with E-state index in [2.05, 4.69) is 31.2 Å². The maximum atomic E-state index is 13.5. The molecule has 2 saturated carbocycles. The Balaban J connectivity index is 1.30. The Hall–Kier alpha value is -2.53. The zero-order chi connectivity index (χ0) is 24.0. The van der Waals surface area contributed by atoms with Crippen LogP contribution in [-0.4, -0.2) is 28.1 Å². The molecular formula is C30H36N2O2S. The topological polar surface area (TPSA) is 41.9 Å². The van der Waals surface area contributed by atoms with Crippen molar-refractivity contribution in [1.82, 2.24) is 4.90 Å². The molecule has 0 unspecified atom stereocenters. The lowest BCUT2D eigenvalue weighted by molar-refractivity contribution is -0.124. The van der Waals surface area contributed by atoms with Gasteiger partial charge in [-0.15, -0.1) is 0 Å². The van der Waals surface area contributed by atoms with Gasteiger partial charge in [0.2, 0.25) is 0 Å². The summed E-state index contributed by atoms with van der Waals surface area (Å²) in [7, 11) is 0. The third kappa shape index (κ3) is 6.19. The van der Waals surface area contributed by atoms with Gasteiger partial charge in [-0.25, -0.2) is 0 Å². The molecule has 3 aliphatic rings. The van der Waals surface area contributed by atoms with Crippen LogP contribution in [0.2, 0.25) is 0 Å². The Labute approximate surface area is 213 Å². The van der Waals surface area contributed by atoms with E-state index in [1.165, 1.54) is 44.1 Å². The summed E-state index contributed by atoms with van der Waals surface area (Å²) in [5.74, 6) is 0.970. The second-order valence-electron chi connectivity index (χ2n) is 10.1. The van der Waals surface area contributed by atoms with Gasteiger partial charge in [0.1, 0.15) is 12.4 Å². The normalized spacial score (nSPS) is 22.3. The fraction of sp³-hybridized carbons (Fsp3) is 0.467. The van der Waals surface area contributed by atoms with Crippen molar-refractivity contribution in [2.75, 3.05) is 0 Å². The number of amides is 1. The molecule has 0 radical (unpaired) electrons. The number of rotatable bonds is 6. The molecule has 2 aliphatic carbocycles. The lowest BCUT2D eigenvalue weighted by Crippen LogP contribution is -2.41. The Kier molecular flexibility index (Phi) is 7.92. The fourth-order valence-electron chi connectivity index (χ4n) is 5.27. The van der Waals surface area contributed by atoms with E-state index < -0.39 is 0 Å². The van der Waals surface area contributed by atoms with Crippen LogP contribution in [0, 0.1) is 6.92 Å². The third-order valence-corrected chi connectivity index (χ3v) is 8.35. The number of benzene rings is 2. The molecule has 5 heteroatoms. The molecular weight excluding hydrogens is 452 g/mol. The number of carbonyl (C=O) groups excluding carboxylic acids is 1. The quantitative estimate of drug-likeness (QED) is 0.395. The monoisotopic (exact) mass is 488 g/mol. The highest BCUT2D eigenvalue weighted by Crippen LogP contribution is 2.38. The van der Waals surface area contributed by atoms with E-state index >= 15 is 0 Å². The zero-order valence-electron chi connectivity index (χ0n) is 20.7. The van der Waals surface area contributed by atoms with E-state index in [1.54, 1.807) is 11.8 Å². The first-order valence-corrected chi connectivity index (χ1v) is 14.1. The van der Waals surface area contributed by atoms with Gasteiger partial charge in [0.05, 0.1) is 10.9 Å². The molecule has 3 fully saturated rings. The summed E-state index contributed by atoms with van der Waals surface area (Å²) in [6.07, 6.45) is 14.0. The summed E-state index contributed by atoms with van der Waals surface area (Å²) in [6, 6.07) is 17.1. The van der Waals surface area contributed by atoms with Gasteiger partial charge in [-0.05, 0) is 73.7 Å². The lowest BCUT2D eigenvalue weighted by Gasteiger charge is -2.31. The fourth-order valence-corrected chi connectivity index (χ4v) is 6.38. The highest BCUT2D eigenvalue weighted by atomic mass is 32.2. The maximum absolute atomic E-state index is 13.5. The summed E-state index contributed by atoms with van der Waals surface area (Å²) in [5.41, 5.74) is 3.42. The van der Waals surface area contributed by atoms with Gasteiger partial charge >= 0.3 is 0 Å². The molecule has 0 bridgehead atoms. The summed E-state index contributed by atoms with van der Waals surface area (Å²) in [5, 5.41) is 0.943. The molecule has 4 nitrogen and oxygen atoms in total. The molecule has 0 atom stereocenters. The molecule has 1 saturated heterocycles. The molecule has 1 amide bonds. The highest BCUT2D eigenvalue weighted by molar-refractivity contribution is 8.18. The van der Waals surface area contributed by atoms with Gasteiger partial charge in [0.15, 0.2) is 5.17 Å². The molecule has 184 valence electrons. The number of nitrogens with zero attached hydrogens (tertiary/aromatic N) is 2. The molecule has 2 aromatic carbocycles. The van der Waals surface area contributed by atoms with E-state index in [4.69, 9.17) is 9.73 Å². The van der Waals surface area contributed by atoms with E-state index in [9.17, 15) is 4.79 Å². The number of carbonyl (C=O) groups is 1. The molecule has 35 heavy (non-hydrogen) atoms. The average molecular weight is 489 g/mol. The minimum absolute atomic E-state index is 0.135. The van der Waals surface area contributed by atoms with E-state index in [0.717, 1.165) is 52.6 Å². The molecule has 0 aromatic heterocycles. The Morgan fingerprint density at radius 2 is 1.57 bits per heavy atom. The van der Waals surface area contributed by atoms with Gasteiger partial charge in [0, 0.05) is 6.04 Å². The first-order valence-electron chi connectivity index (χ1n) is 13.2. The highest BCUT2D eigenvalue weighted by Gasteiger charge is 2.39. The largest absolute Gasteiger partial charge is 0.489 e. The number of aryl methyl sites for hydroxylation is 1. The summed E-state index contributed by atoms with van der Waals surface area (Å²) >= 11 is 1.58. The van der Waals surface area contributed by atoms with E-state index in [1.807, 2.05) is 35.2 Å². The van der Waals surface area contributed by atoms with Crippen molar-refractivity contribution in [1.29, 1.82) is 0 Å². The van der Waals surface area contributed by atoms with Crippen LogP contribution in [-0.2, 0) is 11.4 Å². The standard InChI is InChI=1S/C30H36N2O2S/c1-22-12-14-24(15-13-22)21-34-27-18-16-23(17-19-27)20-28-29(33)32(26-10-6-3-7-11-26)30(35-28)31-25-8-4-2-5-9-25/h12-20,25-26H,2-11,21H2,1H3. The van der Waals surface area contributed by atoms with Crippen LogP contribution >= 0.6 is 11.8 Å². The second-order valence-corrected chi connectivity index (χ2v) is 11.1. The molecule has 5 rings (SSSR count). The van der Waals surface area contributed by atoms with Crippen molar-refractivity contribution in [3.63, 3.8) is 0 Å². The van der Waals surface area contributed by atoms with Crippen molar-refractivity contribution < 1.29 is 9.53 Å². The summed E-state index contributed by atoms with van der Waals surface area (Å²) < 4.78 is 5.96. The number of amidine groups is 1. The Morgan fingerprint density at radius 1 is 0.914 bits per heavy atom. The first-order chi connectivity index (χ1) is 17.2. The van der Waals surface area contributed by atoms with E-state index in [-0.39, 0.29) is 5.91 Å². The van der Waals surface area contributed by atoms with Crippen LogP contribution in [0.4, 0.5) is 0 Å². The molecule has 0 spiro atoms.